The molecule has 0 aliphatic heterocycles. The van der Waals surface area contributed by atoms with Crippen LogP contribution in [0.4, 0.5) is 0 Å². The van der Waals surface area contributed by atoms with E-state index in [1.54, 1.807) is 13.2 Å². The summed E-state index contributed by atoms with van der Waals surface area (Å²) in [5.74, 6) is 0.907. The quantitative estimate of drug-likeness (QED) is 0.749. The predicted octanol–water partition coefficient (Wildman–Crippen LogP) is 3.34. The first-order valence-corrected chi connectivity index (χ1v) is 4.75. The Hall–Kier alpha value is -1.20. The molecule has 0 bridgehead atoms. The lowest BCUT2D eigenvalue weighted by Crippen LogP contribution is -1.94. The molecule has 0 unspecified atom stereocenters. The topological polar surface area (TPSA) is 33.0 Å². The SMILES string of the molecule is COc1cc(C(C)C)c(Cl)cc1C#N. The van der Waals surface area contributed by atoms with Gasteiger partial charge in [0.2, 0.25) is 0 Å². The number of nitriles is 1. The molecule has 0 amide bonds. The summed E-state index contributed by atoms with van der Waals surface area (Å²) in [6.07, 6.45) is 0. The van der Waals surface area contributed by atoms with Crippen LogP contribution in [-0.4, -0.2) is 7.11 Å². The Kier molecular flexibility index (Phi) is 3.38. The summed E-state index contributed by atoms with van der Waals surface area (Å²) < 4.78 is 5.10. The van der Waals surface area contributed by atoms with Crippen molar-refractivity contribution < 1.29 is 4.74 Å². The van der Waals surface area contributed by atoms with E-state index in [4.69, 9.17) is 21.6 Å². The number of methoxy groups -OCH3 is 1. The van der Waals surface area contributed by atoms with E-state index in [0.717, 1.165) is 5.56 Å². The molecule has 3 heteroatoms. The maximum atomic E-state index is 8.81. The van der Waals surface area contributed by atoms with E-state index in [1.165, 1.54) is 0 Å². The second-order valence-electron chi connectivity index (χ2n) is 3.34. The first-order chi connectivity index (χ1) is 6.60. The van der Waals surface area contributed by atoms with Crippen molar-refractivity contribution in [1.82, 2.24) is 0 Å². The molecule has 0 aromatic heterocycles. The van der Waals surface area contributed by atoms with Crippen LogP contribution in [0.25, 0.3) is 0 Å². The fraction of sp³-hybridized carbons (Fsp3) is 0.364. The monoisotopic (exact) mass is 209 g/mol. The number of hydrogen-bond acceptors (Lipinski definition) is 2. The van der Waals surface area contributed by atoms with Crippen LogP contribution in [0.1, 0.15) is 30.9 Å². The Morgan fingerprint density at radius 1 is 1.43 bits per heavy atom. The number of ether oxygens (including phenoxy) is 1. The summed E-state index contributed by atoms with van der Waals surface area (Å²) in [5.41, 5.74) is 1.48. The average Bonchev–Trinajstić information content (AvgIpc) is 2.16. The van der Waals surface area contributed by atoms with Gasteiger partial charge >= 0.3 is 0 Å². The number of benzene rings is 1. The van der Waals surface area contributed by atoms with Gasteiger partial charge < -0.3 is 4.74 Å². The first-order valence-electron chi connectivity index (χ1n) is 4.37. The van der Waals surface area contributed by atoms with Gasteiger partial charge in [0, 0.05) is 5.02 Å². The van der Waals surface area contributed by atoms with Crippen molar-refractivity contribution in [2.75, 3.05) is 7.11 Å². The average molecular weight is 210 g/mol. The van der Waals surface area contributed by atoms with Crippen LogP contribution in [0.5, 0.6) is 5.75 Å². The zero-order valence-corrected chi connectivity index (χ0v) is 9.22. The van der Waals surface area contributed by atoms with Gasteiger partial charge in [-0.2, -0.15) is 5.26 Å². The standard InChI is InChI=1S/C11H12ClNO/c1-7(2)9-5-11(14-3)8(6-13)4-10(9)12/h4-5,7H,1-3H3. The van der Waals surface area contributed by atoms with Crippen molar-refractivity contribution in [3.05, 3.63) is 28.3 Å². The normalized spacial score (nSPS) is 10.0. The largest absolute Gasteiger partial charge is 0.495 e. The van der Waals surface area contributed by atoms with Crippen molar-refractivity contribution >= 4 is 11.6 Å². The van der Waals surface area contributed by atoms with Crippen LogP contribution in [0.15, 0.2) is 12.1 Å². The smallest absolute Gasteiger partial charge is 0.137 e. The molecule has 0 atom stereocenters. The highest BCUT2D eigenvalue weighted by Crippen LogP contribution is 2.31. The molecule has 0 aliphatic rings. The van der Waals surface area contributed by atoms with E-state index < -0.39 is 0 Å². The zero-order valence-electron chi connectivity index (χ0n) is 8.47. The molecule has 0 saturated carbocycles. The Morgan fingerprint density at radius 3 is 2.50 bits per heavy atom. The lowest BCUT2D eigenvalue weighted by Gasteiger charge is -2.11. The lowest BCUT2D eigenvalue weighted by atomic mass is 10.0. The van der Waals surface area contributed by atoms with Gasteiger partial charge in [-0.05, 0) is 23.6 Å². The predicted molar refractivity (Wildman–Crippen MR) is 56.8 cm³/mol. The van der Waals surface area contributed by atoms with E-state index in [2.05, 4.69) is 0 Å². The molecular formula is C11H12ClNO. The zero-order chi connectivity index (χ0) is 10.7. The molecule has 2 nitrogen and oxygen atoms in total. The first kappa shape index (κ1) is 10.9. The lowest BCUT2D eigenvalue weighted by molar-refractivity contribution is 0.412. The fourth-order valence-corrected chi connectivity index (χ4v) is 1.65. The van der Waals surface area contributed by atoms with Gasteiger partial charge in [-0.15, -0.1) is 0 Å². The molecule has 0 saturated heterocycles. The molecule has 0 spiro atoms. The molecule has 14 heavy (non-hydrogen) atoms. The highest BCUT2D eigenvalue weighted by Gasteiger charge is 2.11. The van der Waals surface area contributed by atoms with E-state index in [0.29, 0.717) is 22.3 Å². The van der Waals surface area contributed by atoms with Crippen molar-refractivity contribution in [1.29, 1.82) is 5.26 Å². The van der Waals surface area contributed by atoms with Gasteiger partial charge in [-0.1, -0.05) is 25.4 Å². The van der Waals surface area contributed by atoms with Crippen molar-refractivity contribution in [3.63, 3.8) is 0 Å². The summed E-state index contributed by atoms with van der Waals surface area (Å²) in [6, 6.07) is 5.52. The van der Waals surface area contributed by atoms with E-state index >= 15 is 0 Å². The third-order valence-corrected chi connectivity index (χ3v) is 2.39. The van der Waals surface area contributed by atoms with Crippen LogP contribution in [0.2, 0.25) is 5.02 Å². The molecule has 1 aromatic carbocycles. The third kappa shape index (κ3) is 2.00. The minimum Gasteiger partial charge on any atom is -0.495 e. The van der Waals surface area contributed by atoms with Crippen LogP contribution in [0.3, 0.4) is 0 Å². The maximum absolute atomic E-state index is 8.81. The van der Waals surface area contributed by atoms with E-state index in [-0.39, 0.29) is 0 Å². The van der Waals surface area contributed by atoms with Gasteiger partial charge in [0.05, 0.1) is 12.7 Å². The Labute approximate surface area is 89.1 Å². The van der Waals surface area contributed by atoms with Crippen LogP contribution >= 0.6 is 11.6 Å². The Bertz CT molecular complexity index is 379. The second-order valence-corrected chi connectivity index (χ2v) is 3.75. The molecule has 0 radical (unpaired) electrons. The van der Waals surface area contributed by atoms with Crippen LogP contribution < -0.4 is 4.74 Å². The fourth-order valence-electron chi connectivity index (χ4n) is 1.27. The molecular weight excluding hydrogens is 198 g/mol. The Morgan fingerprint density at radius 2 is 2.07 bits per heavy atom. The van der Waals surface area contributed by atoms with Gasteiger partial charge in [-0.3, -0.25) is 0 Å². The van der Waals surface area contributed by atoms with E-state index in [9.17, 15) is 0 Å². The highest BCUT2D eigenvalue weighted by atomic mass is 35.5. The van der Waals surface area contributed by atoms with Crippen LogP contribution in [-0.2, 0) is 0 Å². The maximum Gasteiger partial charge on any atom is 0.137 e. The molecule has 0 fully saturated rings. The molecule has 74 valence electrons. The van der Waals surface area contributed by atoms with Crippen molar-refractivity contribution in [2.24, 2.45) is 0 Å². The second kappa shape index (κ2) is 4.34. The van der Waals surface area contributed by atoms with Crippen LogP contribution in [0, 0.1) is 11.3 Å². The molecule has 0 heterocycles. The summed E-state index contributed by atoms with van der Waals surface area (Å²) in [7, 11) is 1.55. The Balaban J connectivity index is 3.32. The number of nitrogens with zero attached hydrogens (tertiary/aromatic N) is 1. The highest BCUT2D eigenvalue weighted by molar-refractivity contribution is 6.31. The minimum atomic E-state index is 0.323. The van der Waals surface area contributed by atoms with Gasteiger partial charge in [0.1, 0.15) is 11.8 Å². The summed E-state index contributed by atoms with van der Waals surface area (Å²) >= 11 is 6.03. The molecule has 0 N–H and O–H groups in total. The number of halogens is 1. The van der Waals surface area contributed by atoms with Gasteiger partial charge in [0.25, 0.3) is 0 Å². The number of rotatable bonds is 2. The molecule has 1 rings (SSSR count). The third-order valence-electron chi connectivity index (χ3n) is 2.06. The van der Waals surface area contributed by atoms with Gasteiger partial charge in [-0.25, -0.2) is 0 Å². The summed E-state index contributed by atoms with van der Waals surface area (Å²) in [6.45, 7) is 4.10. The summed E-state index contributed by atoms with van der Waals surface area (Å²) in [4.78, 5) is 0. The molecule has 1 aromatic rings. The van der Waals surface area contributed by atoms with Crippen molar-refractivity contribution in [3.8, 4) is 11.8 Å². The number of hydrogen-bond donors (Lipinski definition) is 0. The van der Waals surface area contributed by atoms with Gasteiger partial charge in [0.15, 0.2) is 0 Å². The minimum absolute atomic E-state index is 0.323. The van der Waals surface area contributed by atoms with Crippen molar-refractivity contribution in [2.45, 2.75) is 19.8 Å². The molecule has 0 aliphatic carbocycles. The summed E-state index contributed by atoms with van der Waals surface area (Å²) in [5, 5.41) is 9.44. The van der Waals surface area contributed by atoms with E-state index in [1.807, 2.05) is 26.0 Å².